The van der Waals surface area contributed by atoms with E-state index in [1.165, 1.54) is 0 Å². The van der Waals surface area contributed by atoms with Crippen LogP contribution >= 0.6 is 0 Å². The van der Waals surface area contributed by atoms with E-state index in [4.69, 9.17) is 5.11 Å². The molecular formula is C13H10F3N3O6. The summed E-state index contributed by atoms with van der Waals surface area (Å²) < 4.78 is 40.3. The standard InChI is InChI=1S/C13H10F3N3O6/c14-13(15,16)25-10-2-1-7(5-9(10)19(23)24)17-8-6-11(21)18(3-4-20)12(8)22/h1-2,5-6,17,20H,3-4H2. The molecule has 0 saturated carbocycles. The minimum Gasteiger partial charge on any atom is -0.398 e. The van der Waals surface area contributed by atoms with Gasteiger partial charge in [-0.05, 0) is 12.1 Å². The van der Waals surface area contributed by atoms with Gasteiger partial charge in [-0.15, -0.1) is 13.2 Å². The van der Waals surface area contributed by atoms with Gasteiger partial charge in [-0.3, -0.25) is 24.6 Å². The Labute approximate surface area is 137 Å². The highest BCUT2D eigenvalue weighted by atomic mass is 19.4. The summed E-state index contributed by atoms with van der Waals surface area (Å²) in [5.41, 5.74) is -1.32. The third-order valence-electron chi connectivity index (χ3n) is 2.99. The molecule has 9 nitrogen and oxygen atoms in total. The number of nitrogens with one attached hydrogen (secondary N) is 1. The Bertz CT molecular complexity index is 762. The molecular weight excluding hydrogens is 351 g/mol. The summed E-state index contributed by atoms with van der Waals surface area (Å²) in [7, 11) is 0. The number of imide groups is 1. The smallest absolute Gasteiger partial charge is 0.398 e. The molecule has 0 saturated heterocycles. The van der Waals surface area contributed by atoms with Crippen molar-refractivity contribution in [1.29, 1.82) is 0 Å². The van der Waals surface area contributed by atoms with Crippen LogP contribution in [-0.2, 0) is 9.59 Å². The van der Waals surface area contributed by atoms with Gasteiger partial charge in [0.2, 0.25) is 5.75 Å². The van der Waals surface area contributed by atoms with E-state index in [0.29, 0.717) is 6.07 Å². The molecule has 1 aliphatic heterocycles. The Hall–Kier alpha value is -3.15. The minimum atomic E-state index is -5.11. The van der Waals surface area contributed by atoms with Crippen LogP contribution < -0.4 is 10.1 Å². The summed E-state index contributed by atoms with van der Waals surface area (Å²) in [6, 6.07) is 2.46. The van der Waals surface area contributed by atoms with Gasteiger partial charge in [0.25, 0.3) is 11.8 Å². The first-order chi connectivity index (χ1) is 11.6. The number of ether oxygens (including phenoxy) is 1. The predicted molar refractivity (Wildman–Crippen MR) is 75.3 cm³/mol. The van der Waals surface area contributed by atoms with Gasteiger partial charge in [0.15, 0.2) is 0 Å². The van der Waals surface area contributed by atoms with Crippen LogP contribution in [0.2, 0.25) is 0 Å². The van der Waals surface area contributed by atoms with Crippen molar-refractivity contribution in [2.24, 2.45) is 0 Å². The number of aliphatic hydroxyl groups is 1. The van der Waals surface area contributed by atoms with Crippen molar-refractivity contribution in [3.8, 4) is 5.75 Å². The molecule has 0 fully saturated rings. The quantitative estimate of drug-likeness (QED) is 0.443. The summed E-state index contributed by atoms with van der Waals surface area (Å²) in [5, 5.41) is 22.1. The molecule has 0 atom stereocenters. The number of benzene rings is 1. The monoisotopic (exact) mass is 361 g/mol. The van der Waals surface area contributed by atoms with Crippen LogP contribution in [0.25, 0.3) is 0 Å². The largest absolute Gasteiger partial charge is 0.573 e. The molecule has 1 aliphatic rings. The molecule has 0 unspecified atom stereocenters. The van der Waals surface area contributed by atoms with E-state index in [0.717, 1.165) is 23.1 Å². The number of aliphatic hydroxyl groups excluding tert-OH is 1. The first kappa shape index (κ1) is 18.2. The van der Waals surface area contributed by atoms with Crippen LogP contribution in [0.4, 0.5) is 24.5 Å². The maximum atomic E-state index is 12.2. The topological polar surface area (TPSA) is 122 Å². The highest BCUT2D eigenvalue weighted by Crippen LogP contribution is 2.34. The molecule has 1 heterocycles. The minimum absolute atomic E-state index is 0.0977. The maximum absolute atomic E-state index is 12.2. The zero-order valence-electron chi connectivity index (χ0n) is 12.2. The number of nitrogens with zero attached hydrogens (tertiary/aromatic N) is 2. The van der Waals surface area contributed by atoms with Gasteiger partial charge in [0.1, 0.15) is 5.70 Å². The van der Waals surface area contributed by atoms with Crippen molar-refractivity contribution in [3.63, 3.8) is 0 Å². The Balaban J connectivity index is 2.25. The molecule has 0 aliphatic carbocycles. The van der Waals surface area contributed by atoms with Crippen molar-refractivity contribution < 1.29 is 37.5 Å². The number of hydrogen-bond acceptors (Lipinski definition) is 7. The SMILES string of the molecule is O=C1C=C(Nc2ccc(OC(F)(F)F)c([N+](=O)[O-])c2)C(=O)N1CCO. The van der Waals surface area contributed by atoms with E-state index in [9.17, 15) is 32.9 Å². The fourth-order valence-electron chi connectivity index (χ4n) is 2.01. The molecule has 12 heteroatoms. The van der Waals surface area contributed by atoms with E-state index in [-0.39, 0.29) is 17.9 Å². The molecule has 2 N–H and O–H groups in total. The number of carbonyl (C=O) groups excluding carboxylic acids is 2. The number of nitro benzene ring substituents is 1. The number of hydrogen-bond donors (Lipinski definition) is 2. The fraction of sp³-hybridized carbons (Fsp3) is 0.231. The first-order valence-electron chi connectivity index (χ1n) is 6.62. The second-order valence-corrected chi connectivity index (χ2v) is 4.69. The fourth-order valence-corrected chi connectivity index (χ4v) is 2.01. The van der Waals surface area contributed by atoms with Gasteiger partial charge >= 0.3 is 12.0 Å². The van der Waals surface area contributed by atoms with Crippen LogP contribution in [0.5, 0.6) is 5.75 Å². The number of nitro groups is 1. The van der Waals surface area contributed by atoms with Gasteiger partial charge < -0.3 is 15.2 Å². The van der Waals surface area contributed by atoms with Crippen molar-refractivity contribution in [2.75, 3.05) is 18.5 Å². The van der Waals surface area contributed by atoms with E-state index in [2.05, 4.69) is 10.1 Å². The van der Waals surface area contributed by atoms with E-state index >= 15 is 0 Å². The lowest BCUT2D eigenvalue weighted by Gasteiger charge is -2.14. The second kappa shape index (κ2) is 6.76. The Kier molecular flexibility index (Phi) is 4.92. The highest BCUT2D eigenvalue weighted by molar-refractivity contribution is 6.17. The number of carbonyl (C=O) groups is 2. The van der Waals surface area contributed by atoms with Crippen LogP contribution in [0.3, 0.4) is 0 Å². The number of halogens is 3. The van der Waals surface area contributed by atoms with Crippen LogP contribution in [-0.4, -0.2) is 46.3 Å². The van der Waals surface area contributed by atoms with Gasteiger partial charge in [-0.2, -0.15) is 0 Å². The highest BCUT2D eigenvalue weighted by Gasteiger charge is 2.35. The lowest BCUT2D eigenvalue weighted by molar-refractivity contribution is -0.388. The lowest BCUT2D eigenvalue weighted by Crippen LogP contribution is -2.34. The third-order valence-corrected chi connectivity index (χ3v) is 2.99. The molecule has 1 aromatic carbocycles. The molecule has 0 spiro atoms. The number of rotatable bonds is 6. The van der Waals surface area contributed by atoms with Gasteiger partial charge in [-0.1, -0.05) is 0 Å². The average molecular weight is 361 g/mol. The molecule has 0 bridgehead atoms. The summed E-state index contributed by atoms with van der Waals surface area (Å²) in [6.07, 6.45) is -4.20. The maximum Gasteiger partial charge on any atom is 0.573 e. The van der Waals surface area contributed by atoms with E-state index < -0.39 is 41.1 Å². The Morgan fingerprint density at radius 2 is 2.00 bits per heavy atom. The number of alkyl halides is 3. The number of β-amino-alcohol motifs (C(OH)–C–C–N with tert-alkyl or cyclic N) is 1. The molecule has 25 heavy (non-hydrogen) atoms. The van der Waals surface area contributed by atoms with Gasteiger partial charge in [0, 0.05) is 17.8 Å². The molecule has 134 valence electrons. The zero-order valence-corrected chi connectivity index (χ0v) is 12.2. The molecule has 0 aromatic heterocycles. The third kappa shape index (κ3) is 4.23. The summed E-state index contributed by atoms with van der Waals surface area (Å²) in [6.45, 7) is -0.689. The van der Waals surface area contributed by atoms with Gasteiger partial charge in [-0.25, -0.2) is 0 Å². The number of amides is 2. The summed E-state index contributed by atoms with van der Waals surface area (Å²) in [4.78, 5) is 34.1. The van der Waals surface area contributed by atoms with Crippen molar-refractivity contribution in [2.45, 2.75) is 6.36 Å². The molecule has 2 rings (SSSR count). The van der Waals surface area contributed by atoms with Crippen molar-refractivity contribution in [3.05, 3.63) is 40.1 Å². The number of anilines is 1. The Morgan fingerprint density at radius 3 is 2.56 bits per heavy atom. The van der Waals surface area contributed by atoms with Crippen molar-refractivity contribution >= 4 is 23.2 Å². The van der Waals surface area contributed by atoms with Gasteiger partial charge in [0.05, 0.1) is 18.1 Å². The zero-order chi connectivity index (χ0) is 18.8. The normalized spacial score (nSPS) is 14.6. The average Bonchev–Trinajstić information content (AvgIpc) is 2.75. The van der Waals surface area contributed by atoms with Crippen molar-refractivity contribution in [1.82, 2.24) is 4.90 Å². The molecule has 0 radical (unpaired) electrons. The van der Waals surface area contributed by atoms with E-state index in [1.54, 1.807) is 0 Å². The predicted octanol–water partition coefficient (Wildman–Crippen LogP) is 1.15. The van der Waals surface area contributed by atoms with Crippen LogP contribution in [0, 0.1) is 10.1 Å². The molecule has 2 amide bonds. The summed E-state index contributed by atoms with van der Waals surface area (Å²) >= 11 is 0. The van der Waals surface area contributed by atoms with Crippen LogP contribution in [0.15, 0.2) is 30.0 Å². The molecule has 1 aromatic rings. The van der Waals surface area contributed by atoms with E-state index in [1.807, 2.05) is 0 Å². The lowest BCUT2D eigenvalue weighted by atomic mass is 10.2. The second-order valence-electron chi connectivity index (χ2n) is 4.69. The first-order valence-corrected chi connectivity index (χ1v) is 6.62. The summed E-state index contributed by atoms with van der Waals surface area (Å²) in [5.74, 6) is -2.50. The van der Waals surface area contributed by atoms with Crippen LogP contribution in [0.1, 0.15) is 0 Å². The Morgan fingerprint density at radius 1 is 1.32 bits per heavy atom.